The predicted octanol–water partition coefficient (Wildman–Crippen LogP) is 10.7. The second kappa shape index (κ2) is 8.95. The Kier molecular flexibility index (Phi) is 4.93. The van der Waals surface area contributed by atoms with Gasteiger partial charge in [-0.1, -0.05) is 115 Å². The third-order valence-electron chi connectivity index (χ3n) is 8.67. The van der Waals surface area contributed by atoms with Crippen molar-refractivity contribution in [1.29, 1.82) is 0 Å². The normalized spacial score (nSPS) is 11.8. The van der Waals surface area contributed by atoms with Gasteiger partial charge < -0.3 is 0 Å². The molecule has 0 spiro atoms. The van der Waals surface area contributed by atoms with Crippen LogP contribution in [0.5, 0.6) is 0 Å². The first kappa shape index (κ1) is 23.1. The summed E-state index contributed by atoms with van der Waals surface area (Å²) in [5.74, 6) is 0. The summed E-state index contributed by atoms with van der Waals surface area (Å²) < 4.78 is 0. The van der Waals surface area contributed by atoms with Gasteiger partial charge in [0.05, 0.1) is 16.7 Å². The SMILES string of the molecule is c1ccc2c(-c3ccc4c5ccc(-c6ccc7ccc8cccnc8c7n6)cc5c5ccccc5c4c3)cccc2c1. The van der Waals surface area contributed by atoms with E-state index in [9.17, 15) is 0 Å². The molecular weight excluding hydrogens is 508 g/mol. The van der Waals surface area contributed by atoms with Gasteiger partial charge in [-0.15, -0.1) is 0 Å². The lowest BCUT2D eigenvalue weighted by Crippen LogP contribution is -1.90. The number of benzene rings is 7. The van der Waals surface area contributed by atoms with Gasteiger partial charge in [0.15, 0.2) is 0 Å². The van der Waals surface area contributed by atoms with Gasteiger partial charge in [-0.2, -0.15) is 0 Å². The highest BCUT2D eigenvalue weighted by molar-refractivity contribution is 6.26. The highest BCUT2D eigenvalue weighted by Gasteiger charge is 2.13. The first-order valence-electron chi connectivity index (χ1n) is 14.3. The van der Waals surface area contributed by atoms with Crippen LogP contribution in [0.3, 0.4) is 0 Å². The summed E-state index contributed by atoms with van der Waals surface area (Å²) in [4.78, 5) is 9.78. The molecule has 0 amide bonds. The van der Waals surface area contributed by atoms with Gasteiger partial charge in [-0.25, -0.2) is 4.98 Å². The van der Waals surface area contributed by atoms with Crippen LogP contribution >= 0.6 is 0 Å². The van der Waals surface area contributed by atoms with Crippen LogP contribution in [0, 0.1) is 0 Å². The summed E-state index contributed by atoms with van der Waals surface area (Å²) in [6.45, 7) is 0. The van der Waals surface area contributed by atoms with Crippen LogP contribution in [0.25, 0.3) is 87.3 Å². The topological polar surface area (TPSA) is 25.8 Å². The molecule has 2 aromatic heterocycles. The molecule has 0 N–H and O–H groups in total. The van der Waals surface area contributed by atoms with E-state index >= 15 is 0 Å². The molecule has 0 bridgehead atoms. The van der Waals surface area contributed by atoms with Crippen LogP contribution in [0.2, 0.25) is 0 Å². The molecule has 2 nitrogen and oxygen atoms in total. The van der Waals surface area contributed by atoms with E-state index in [1.165, 1.54) is 54.2 Å². The van der Waals surface area contributed by atoms with E-state index < -0.39 is 0 Å². The molecule has 0 aliphatic heterocycles. The van der Waals surface area contributed by atoms with Crippen LogP contribution in [-0.2, 0) is 0 Å². The lowest BCUT2D eigenvalue weighted by Gasteiger charge is -2.14. The van der Waals surface area contributed by atoms with Crippen molar-refractivity contribution >= 4 is 64.9 Å². The van der Waals surface area contributed by atoms with Gasteiger partial charge in [0.2, 0.25) is 0 Å². The number of aromatic nitrogens is 2. The third kappa shape index (κ3) is 3.45. The van der Waals surface area contributed by atoms with Crippen molar-refractivity contribution in [2.75, 3.05) is 0 Å². The van der Waals surface area contributed by atoms with Crippen LogP contribution in [0.4, 0.5) is 0 Å². The van der Waals surface area contributed by atoms with Gasteiger partial charge in [0.25, 0.3) is 0 Å². The molecule has 0 saturated heterocycles. The van der Waals surface area contributed by atoms with Gasteiger partial charge in [-0.3, -0.25) is 4.98 Å². The first-order valence-corrected chi connectivity index (χ1v) is 14.3. The minimum atomic E-state index is 0.940. The number of fused-ring (bicyclic) bond motifs is 10. The van der Waals surface area contributed by atoms with Crippen molar-refractivity contribution in [2.45, 2.75) is 0 Å². The number of pyridine rings is 2. The number of hydrogen-bond donors (Lipinski definition) is 0. The summed E-state index contributed by atoms with van der Waals surface area (Å²) in [5.41, 5.74) is 6.44. The quantitative estimate of drug-likeness (QED) is 0.207. The summed E-state index contributed by atoms with van der Waals surface area (Å²) in [7, 11) is 0. The molecule has 2 heterocycles. The zero-order chi connectivity index (χ0) is 27.6. The molecule has 7 aromatic carbocycles. The third-order valence-corrected chi connectivity index (χ3v) is 8.67. The van der Waals surface area contributed by atoms with Crippen LogP contribution in [0.15, 0.2) is 146 Å². The average Bonchev–Trinajstić information content (AvgIpc) is 3.07. The molecular formula is C40H24N2. The molecule has 0 saturated carbocycles. The van der Waals surface area contributed by atoms with E-state index in [2.05, 4.69) is 138 Å². The predicted molar refractivity (Wildman–Crippen MR) is 178 cm³/mol. The summed E-state index contributed by atoms with van der Waals surface area (Å²) in [6.07, 6.45) is 1.84. The first-order chi connectivity index (χ1) is 20.8. The van der Waals surface area contributed by atoms with Crippen molar-refractivity contribution in [2.24, 2.45) is 0 Å². The second-order valence-corrected chi connectivity index (χ2v) is 11.0. The largest absolute Gasteiger partial charge is 0.254 e. The van der Waals surface area contributed by atoms with Crippen molar-refractivity contribution < 1.29 is 0 Å². The molecule has 194 valence electrons. The Balaban J connectivity index is 1.28. The molecule has 0 unspecified atom stereocenters. The van der Waals surface area contributed by atoms with Crippen molar-refractivity contribution in [3.63, 3.8) is 0 Å². The standard InChI is InChI=1S/C40H24N2/c1-2-10-30-25(7-1)8-5-13-31(30)28-16-19-34-35-20-17-29(24-37(35)33-12-4-3-11-32(33)36(34)23-28)38-21-18-27-15-14-26-9-6-22-41-39(26)40(27)42-38/h1-24H. The van der Waals surface area contributed by atoms with Crippen LogP contribution in [0.1, 0.15) is 0 Å². The van der Waals surface area contributed by atoms with E-state index in [1.807, 2.05) is 12.3 Å². The maximum atomic E-state index is 5.13. The van der Waals surface area contributed by atoms with E-state index in [0.717, 1.165) is 33.1 Å². The van der Waals surface area contributed by atoms with Gasteiger partial charge in [0, 0.05) is 22.5 Å². The van der Waals surface area contributed by atoms with E-state index in [4.69, 9.17) is 4.98 Å². The second-order valence-electron chi connectivity index (χ2n) is 11.0. The lowest BCUT2D eigenvalue weighted by molar-refractivity contribution is 1.37. The maximum Gasteiger partial charge on any atom is 0.0972 e. The van der Waals surface area contributed by atoms with Crippen molar-refractivity contribution in [3.8, 4) is 22.4 Å². The Bertz CT molecular complexity index is 2500. The lowest BCUT2D eigenvalue weighted by atomic mass is 9.90. The molecule has 0 aliphatic rings. The molecule has 42 heavy (non-hydrogen) atoms. The Labute approximate surface area is 242 Å². The van der Waals surface area contributed by atoms with E-state index in [0.29, 0.717) is 0 Å². The van der Waals surface area contributed by atoms with Crippen molar-refractivity contribution in [3.05, 3.63) is 146 Å². The Morgan fingerprint density at radius 1 is 0.357 bits per heavy atom. The smallest absolute Gasteiger partial charge is 0.0972 e. The Morgan fingerprint density at radius 3 is 1.76 bits per heavy atom. The Morgan fingerprint density at radius 2 is 0.952 bits per heavy atom. The van der Waals surface area contributed by atoms with Gasteiger partial charge in [-0.05, 0) is 78.5 Å². The van der Waals surface area contributed by atoms with Gasteiger partial charge >= 0.3 is 0 Å². The van der Waals surface area contributed by atoms with Crippen LogP contribution in [-0.4, -0.2) is 9.97 Å². The fourth-order valence-electron chi connectivity index (χ4n) is 6.65. The summed E-state index contributed by atoms with van der Waals surface area (Å²) in [5, 5.41) is 12.3. The number of nitrogens with zero attached hydrogens (tertiary/aromatic N) is 2. The molecule has 9 rings (SSSR count). The monoisotopic (exact) mass is 532 g/mol. The highest BCUT2D eigenvalue weighted by Crippen LogP contribution is 2.40. The van der Waals surface area contributed by atoms with Crippen LogP contribution < -0.4 is 0 Å². The fourth-order valence-corrected chi connectivity index (χ4v) is 6.65. The maximum absolute atomic E-state index is 5.13. The van der Waals surface area contributed by atoms with Gasteiger partial charge in [0.1, 0.15) is 0 Å². The summed E-state index contributed by atoms with van der Waals surface area (Å²) >= 11 is 0. The molecule has 0 radical (unpaired) electrons. The van der Waals surface area contributed by atoms with Crippen molar-refractivity contribution in [1.82, 2.24) is 9.97 Å². The van der Waals surface area contributed by atoms with E-state index in [1.54, 1.807) is 0 Å². The minimum Gasteiger partial charge on any atom is -0.254 e. The molecule has 0 aliphatic carbocycles. The number of hydrogen-bond acceptors (Lipinski definition) is 2. The average molecular weight is 533 g/mol. The van der Waals surface area contributed by atoms with E-state index in [-0.39, 0.29) is 0 Å². The molecule has 2 heteroatoms. The molecule has 0 atom stereocenters. The fraction of sp³-hybridized carbons (Fsp3) is 0. The Hall–Kier alpha value is -5.60. The molecule has 9 aromatic rings. The molecule has 0 fully saturated rings. The minimum absolute atomic E-state index is 0.940. The highest BCUT2D eigenvalue weighted by atomic mass is 14.7. The summed E-state index contributed by atoms with van der Waals surface area (Å²) in [6, 6.07) is 50.3. The number of rotatable bonds is 2. The zero-order valence-corrected chi connectivity index (χ0v) is 22.8. The zero-order valence-electron chi connectivity index (χ0n) is 22.8.